The molecule has 0 bridgehead atoms. The molecule has 25 heavy (non-hydrogen) atoms. The van der Waals surface area contributed by atoms with E-state index in [1.807, 2.05) is 36.4 Å². The Hall–Kier alpha value is -1.81. The molecule has 1 fully saturated rings. The van der Waals surface area contributed by atoms with Gasteiger partial charge in [-0.15, -0.1) is 0 Å². The summed E-state index contributed by atoms with van der Waals surface area (Å²) in [6.07, 6.45) is 7.43. The molecule has 4 heteroatoms. The second-order valence-corrected chi connectivity index (χ2v) is 7.54. The van der Waals surface area contributed by atoms with Crippen LogP contribution in [0.4, 0.5) is 0 Å². The molecule has 0 unspecified atom stereocenters. The van der Waals surface area contributed by atoms with Gasteiger partial charge in [0, 0.05) is 5.56 Å². The zero-order valence-corrected chi connectivity index (χ0v) is 15.6. The summed E-state index contributed by atoms with van der Waals surface area (Å²) in [4.78, 5) is 5.62. The Labute approximate surface area is 150 Å². The predicted molar refractivity (Wildman–Crippen MR) is 99.8 cm³/mol. The van der Waals surface area contributed by atoms with Crippen molar-refractivity contribution in [1.82, 2.24) is 0 Å². The third-order valence-corrected chi connectivity index (χ3v) is 5.32. The normalized spacial score (nSPS) is 29.2. The Morgan fingerprint density at radius 2 is 1.92 bits per heavy atom. The quantitative estimate of drug-likeness (QED) is 0.772. The summed E-state index contributed by atoms with van der Waals surface area (Å²) in [5.74, 6) is 2.77. The minimum atomic E-state index is -0.390. The number of methoxy groups -OCH3 is 1. The van der Waals surface area contributed by atoms with Crippen molar-refractivity contribution >= 4 is 5.71 Å². The summed E-state index contributed by atoms with van der Waals surface area (Å²) >= 11 is 0. The van der Waals surface area contributed by atoms with Crippen molar-refractivity contribution in [2.45, 2.75) is 52.4 Å². The molecule has 0 radical (unpaired) electrons. The second kappa shape index (κ2) is 8.05. The molecule has 0 spiro atoms. The highest BCUT2D eigenvalue weighted by molar-refractivity contribution is 6.08. The molecule has 1 aromatic rings. The minimum absolute atomic E-state index is 0.246. The lowest BCUT2D eigenvalue weighted by Crippen LogP contribution is -2.37. The summed E-state index contributed by atoms with van der Waals surface area (Å²) in [7, 11) is 1.66. The van der Waals surface area contributed by atoms with Crippen LogP contribution in [-0.2, 0) is 9.57 Å². The molecule has 3 rings (SSSR count). The molecule has 1 heterocycles. The van der Waals surface area contributed by atoms with Crippen LogP contribution < -0.4 is 4.74 Å². The summed E-state index contributed by atoms with van der Waals surface area (Å²) < 4.78 is 11.4. The standard InChI is InChI=1S/C21H29NO3/c1-14(2)18-10-5-15(3)13-20(18)24-21-12-11-19(22-25-21)16-6-8-17(23-4)9-7-16/h6-9,11-12,14-15,18,20-21H,5,10,13H2,1-4H3/t15-,18+,20-,21-/m0/s1. The van der Waals surface area contributed by atoms with Gasteiger partial charge in [0.05, 0.1) is 13.2 Å². The highest BCUT2D eigenvalue weighted by Gasteiger charge is 2.33. The highest BCUT2D eigenvalue weighted by atomic mass is 16.8. The first-order valence-electron chi connectivity index (χ1n) is 9.28. The smallest absolute Gasteiger partial charge is 0.246 e. The molecule has 4 nitrogen and oxygen atoms in total. The monoisotopic (exact) mass is 343 g/mol. The SMILES string of the molecule is COc1ccc(C2=NO[C@H](O[C@H]3C[C@@H](C)CC[C@@H]3C(C)C)C=C2)cc1. The molecule has 136 valence electrons. The molecule has 4 atom stereocenters. The second-order valence-electron chi connectivity index (χ2n) is 7.54. The lowest BCUT2D eigenvalue weighted by atomic mass is 9.75. The van der Waals surface area contributed by atoms with Gasteiger partial charge in [0.1, 0.15) is 11.5 Å². The van der Waals surface area contributed by atoms with E-state index in [-0.39, 0.29) is 6.10 Å². The molecule has 2 aliphatic rings. The van der Waals surface area contributed by atoms with Crippen LogP contribution in [0.1, 0.15) is 45.6 Å². The summed E-state index contributed by atoms with van der Waals surface area (Å²) in [6, 6.07) is 7.80. The maximum Gasteiger partial charge on any atom is 0.246 e. The average Bonchev–Trinajstić information content (AvgIpc) is 2.62. The molecule has 0 aromatic heterocycles. The lowest BCUT2D eigenvalue weighted by molar-refractivity contribution is -0.172. The van der Waals surface area contributed by atoms with Crippen LogP contribution in [-0.4, -0.2) is 25.2 Å². The number of ether oxygens (including phenoxy) is 2. The number of benzene rings is 1. The highest BCUT2D eigenvalue weighted by Crippen LogP contribution is 2.36. The fraction of sp³-hybridized carbons (Fsp3) is 0.571. The van der Waals surface area contributed by atoms with E-state index in [1.54, 1.807) is 7.11 Å². The number of hydrogen-bond acceptors (Lipinski definition) is 4. The zero-order chi connectivity index (χ0) is 17.8. The molecule has 1 aliphatic heterocycles. The van der Waals surface area contributed by atoms with E-state index >= 15 is 0 Å². The van der Waals surface area contributed by atoms with Gasteiger partial charge in [-0.3, -0.25) is 0 Å². The first kappa shape index (κ1) is 18.0. The zero-order valence-electron chi connectivity index (χ0n) is 15.6. The number of allylic oxidation sites excluding steroid dienone is 1. The van der Waals surface area contributed by atoms with Gasteiger partial charge in [-0.1, -0.05) is 32.3 Å². The fourth-order valence-electron chi connectivity index (χ4n) is 3.77. The third kappa shape index (κ3) is 4.43. The van der Waals surface area contributed by atoms with Crippen LogP contribution in [0.15, 0.2) is 41.6 Å². The Bertz CT molecular complexity index is 621. The third-order valence-electron chi connectivity index (χ3n) is 5.32. The first-order valence-corrected chi connectivity index (χ1v) is 9.28. The molecule has 1 aliphatic carbocycles. The molecule has 1 aromatic carbocycles. The number of rotatable bonds is 5. The van der Waals surface area contributed by atoms with Crippen molar-refractivity contribution in [3.8, 4) is 5.75 Å². The van der Waals surface area contributed by atoms with Crippen molar-refractivity contribution in [2.24, 2.45) is 22.9 Å². The molecule has 0 N–H and O–H groups in total. The van der Waals surface area contributed by atoms with E-state index in [9.17, 15) is 0 Å². The largest absolute Gasteiger partial charge is 0.497 e. The number of oxime groups is 1. The Balaban J connectivity index is 1.61. The first-order chi connectivity index (χ1) is 12.1. The van der Waals surface area contributed by atoms with E-state index in [0.717, 1.165) is 23.4 Å². The van der Waals surface area contributed by atoms with Gasteiger partial charge in [-0.05, 0) is 67.0 Å². The predicted octanol–water partition coefficient (Wildman–Crippen LogP) is 4.79. The lowest BCUT2D eigenvalue weighted by Gasteiger charge is -2.38. The van der Waals surface area contributed by atoms with Crippen molar-refractivity contribution < 1.29 is 14.3 Å². The van der Waals surface area contributed by atoms with E-state index in [0.29, 0.717) is 17.8 Å². The van der Waals surface area contributed by atoms with Crippen molar-refractivity contribution in [3.05, 3.63) is 42.0 Å². The van der Waals surface area contributed by atoms with Crippen molar-refractivity contribution in [2.75, 3.05) is 7.11 Å². The van der Waals surface area contributed by atoms with Crippen LogP contribution in [0, 0.1) is 17.8 Å². The summed E-state index contributed by atoms with van der Waals surface area (Å²) in [5, 5.41) is 4.26. The van der Waals surface area contributed by atoms with Crippen LogP contribution >= 0.6 is 0 Å². The molecular formula is C21H29NO3. The van der Waals surface area contributed by atoms with Gasteiger partial charge < -0.3 is 14.3 Å². The van der Waals surface area contributed by atoms with E-state index < -0.39 is 6.29 Å². The van der Waals surface area contributed by atoms with Gasteiger partial charge in [0.25, 0.3) is 0 Å². The minimum Gasteiger partial charge on any atom is -0.497 e. The molecule has 0 amide bonds. The van der Waals surface area contributed by atoms with Gasteiger partial charge in [0.2, 0.25) is 6.29 Å². The van der Waals surface area contributed by atoms with Crippen LogP contribution in [0.25, 0.3) is 0 Å². The Morgan fingerprint density at radius 3 is 2.52 bits per heavy atom. The number of hydrogen-bond donors (Lipinski definition) is 0. The maximum atomic E-state index is 6.26. The molecular weight excluding hydrogens is 314 g/mol. The fourth-order valence-corrected chi connectivity index (χ4v) is 3.77. The van der Waals surface area contributed by atoms with E-state index in [4.69, 9.17) is 14.3 Å². The van der Waals surface area contributed by atoms with Gasteiger partial charge in [-0.2, -0.15) is 0 Å². The van der Waals surface area contributed by atoms with Crippen LogP contribution in [0.3, 0.4) is 0 Å². The van der Waals surface area contributed by atoms with Crippen LogP contribution in [0.2, 0.25) is 0 Å². The number of nitrogens with zero attached hydrogens (tertiary/aromatic N) is 1. The summed E-state index contributed by atoms with van der Waals surface area (Å²) in [5.41, 5.74) is 1.81. The van der Waals surface area contributed by atoms with Gasteiger partial charge in [-0.25, -0.2) is 0 Å². The summed E-state index contributed by atoms with van der Waals surface area (Å²) in [6.45, 7) is 6.88. The van der Waals surface area contributed by atoms with E-state index in [1.165, 1.54) is 12.8 Å². The molecule has 1 saturated carbocycles. The maximum absolute atomic E-state index is 6.26. The Morgan fingerprint density at radius 1 is 1.16 bits per heavy atom. The topological polar surface area (TPSA) is 40.0 Å². The van der Waals surface area contributed by atoms with Crippen molar-refractivity contribution in [1.29, 1.82) is 0 Å². The average molecular weight is 343 g/mol. The Kier molecular flexibility index (Phi) is 5.79. The van der Waals surface area contributed by atoms with E-state index in [2.05, 4.69) is 25.9 Å². The van der Waals surface area contributed by atoms with Crippen LogP contribution in [0.5, 0.6) is 5.75 Å². The van der Waals surface area contributed by atoms with Gasteiger partial charge in [0.15, 0.2) is 0 Å². The van der Waals surface area contributed by atoms with Gasteiger partial charge >= 0.3 is 0 Å². The van der Waals surface area contributed by atoms with Crippen molar-refractivity contribution in [3.63, 3.8) is 0 Å². The molecule has 0 saturated heterocycles.